The number of ether oxygens (including phenoxy) is 3. The maximum atomic E-state index is 10.7. The molecule has 2 N–H and O–H groups in total. The fourth-order valence-electron chi connectivity index (χ4n) is 2.70. The van der Waals surface area contributed by atoms with Crippen LogP contribution in [-0.2, 0) is 0 Å². The zero-order valence-electron chi connectivity index (χ0n) is 17.8. The van der Waals surface area contributed by atoms with Crippen molar-refractivity contribution in [3.05, 3.63) is 88.5 Å². The molecule has 0 bridgehead atoms. The third kappa shape index (κ3) is 7.47. The van der Waals surface area contributed by atoms with Gasteiger partial charge in [-0.3, -0.25) is 15.5 Å². The van der Waals surface area contributed by atoms with Gasteiger partial charge < -0.3 is 19.5 Å². The van der Waals surface area contributed by atoms with Crippen LogP contribution in [0.2, 0.25) is 0 Å². The number of nitro groups is 1. The lowest BCUT2D eigenvalue weighted by molar-refractivity contribution is -0.384. The number of benzene rings is 3. The number of nitro benzene ring substituents is 1. The van der Waals surface area contributed by atoms with Gasteiger partial charge in [-0.15, -0.1) is 0 Å². The molecule has 0 radical (unpaired) electrons. The Morgan fingerprint density at radius 3 is 2.45 bits per heavy atom. The van der Waals surface area contributed by atoms with Gasteiger partial charge in [0.15, 0.2) is 16.6 Å². The summed E-state index contributed by atoms with van der Waals surface area (Å²) in [5.74, 6) is 1.62. The highest BCUT2D eigenvalue weighted by Crippen LogP contribution is 2.27. The molecule has 0 aliphatic rings. The van der Waals surface area contributed by atoms with Crippen LogP contribution in [0.1, 0.15) is 5.56 Å². The molecule has 0 saturated heterocycles. The van der Waals surface area contributed by atoms with Gasteiger partial charge in [-0.25, -0.2) is 0 Å². The minimum Gasteiger partial charge on any atom is -0.493 e. The second-order valence-electron chi connectivity index (χ2n) is 6.55. The second-order valence-corrected chi connectivity index (χ2v) is 6.96. The molecule has 0 aliphatic heterocycles. The summed E-state index contributed by atoms with van der Waals surface area (Å²) in [5.41, 5.74) is 4.43. The molecule has 0 fully saturated rings. The average molecular weight is 467 g/mol. The van der Waals surface area contributed by atoms with Crippen molar-refractivity contribution in [1.82, 2.24) is 5.43 Å². The number of nitrogens with zero attached hydrogens (tertiary/aromatic N) is 2. The van der Waals surface area contributed by atoms with Crippen LogP contribution in [0.4, 0.5) is 11.4 Å². The van der Waals surface area contributed by atoms with Gasteiger partial charge in [0.1, 0.15) is 19.0 Å². The number of methoxy groups -OCH3 is 1. The van der Waals surface area contributed by atoms with Crippen LogP contribution in [0.25, 0.3) is 0 Å². The van der Waals surface area contributed by atoms with Gasteiger partial charge in [0, 0.05) is 17.8 Å². The minimum absolute atomic E-state index is 0.0106. The molecule has 0 atom stereocenters. The number of hydrazone groups is 1. The molecule has 33 heavy (non-hydrogen) atoms. The molecule has 10 heteroatoms. The predicted octanol–water partition coefficient (Wildman–Crippen LogP) is 4.38. The van der Waals surface area contributed by atoms with Crippen molar-refractivity contribution in [2.24, 2.45) is 5.10 Å². The summed E-state index contributed by atoms with van der Waals surface area (Å²) in [6.45, 7) is 0.529. The van der Waals surface area contributed by atoms with Crippen molar-refractivity contribution in [3.63, 3.8) is 0 Å². The van der Waals surface area contributed by atoms with Gasteiger partial charge in [-0.1, -0.05) is 18.2 Å². The van der Waals surface area contributed by atoms with E-state index in [9.17, 15) is 10.1 Å². The number of anilines is 1. The number of rotatable bonds is 10. The molecule has 0 spiro atoms. The Morgan fingerprint density at radius 1 is 1.03 bits per heavy atom. The molecule has 3 aromatic carbocycles. The first-order valence-electron chi connectivity index (χ1n) is 9.88. The van der Waals surface area contributed by atoms with Crippen LogP contribution in [-0.4, -0.2) is 36.6 Å². The molecule has 9 nitrogen and oxygen atoms in total. The molecule has 0 aliphatic carbocycles. The van der Waals surface area contributed by atoms with Crippen LogP contribution in [0.3, 0.4) is 0 Å². The summed E-state index contributed by atoms with van der Waals surface area (Å²) in [6, 6.07) is 20.8. The van der Waals surface area contributed by atoms with E-state index in [0.717, 1.165) is 11.3 Å². The van der Waals surface area contributed by atoms with Crippen molar-refractivity contribution in [2.75, 3.05) is 25.6 Å². The maximum Gasteiger partial charge on any atom is 0.269 e. The fourth-order valence-corrected chi connectivity index (χ4v) is 2.88. The van der Waals surface area contributed by atoms with Gasteiger partial charge >= 0.3 is 0 Å². The Kier molecular flexibility index (Phi) is 8.55. The topological polar surface area (TPSA) is 107 Å². The smallest absolute Gasteiger partial charge is 0.269 e. The quantitative estimate of drug-likeness (QED) is 0.149. The lowest BCUT2D eigenvalue weighted by atomic mass is 10.2. The van der Waals surface area contributed by atoms with E-state index in [1.807, 2.05) is 36.4 Å². The Labute approximate surface area is 196 Å². The zero-order valence-corrected chi connectivity index (χ0v) is 18.6. The molecule has 0 aromatic heterocycles. The third-order valence-electron chi connectivity index (χ3n) is 4.26. The molecule has 0 heterocycles. The highest BCUT2D eigenvalue weighted by atomic mass is 32.1. The van der Waals surface area contributed by atoms with Crippen molar-refractivity contribution in [3.8, 4) is 17.2 Å². The first-order chi connectivity index (χ1) is 16.0. The lowest BCUT2D eigenvalue weighted by Gasteiger charge is -2.12. The highest BCUT2D eigenvalue weighted by Gasteiger charge is 2.07. The molecular weight excluding hydrogens is 444 g/mol. The van der Waals surface area contributed by atoms with Gasteiger partial charge in [0.2, 0.25) is 0 Å². The Morgan fingerprint density at radius 2 is 1.76 bits per heavy atom. The third-order valence-corrected chi connectivity index (χ3v) is 4.45. The van der Waals surface area contributed by atoms with Crippen LogP contribution < -0.4 is 25.0 Å². The Hall–Kier alpha value is -4.18. The van der Waals surface area contributed by atoms with Crippen LogP contribution in [0.15, 0.2) is 77.9 Å². The fraction of sp³-hybridized carbons (Fsp3) is 0.130. The molecular formula is C23H22N4O5S. The highest BCUT2D eigenvalue weighted by molar-refractivity contribution is 7.80. The molecule has 3 rings (SSSR count). The molecule has 0 saturated carbocycles. The van der Waals surface area contributed by atoms with E-state index in [1.54, 1.807) is 37.6 Å². The molecule has 3 aromatic rings. The summed E-state index contributed by atoms with van der Waals surface area (Å²) in [4.78, 5) is 10.2. The summed E-state index contributed by atoms with van der Waals surface area (Å²) < 4.78 is 16.7. The van der Waals surface area contributed by atoms with E-state index >= 15 is 0 Å². The van der Waals surface area contributed by atoms with E-state index in [2.05, 4.69) is 15.8 Å². The van der Waals surface area contributed by atoms with E-state index in [4.69, 9.17) is 26.4 Å². The number of hydrogen-bond donors (Lipinski definition) is 2. The monoisotopic (exact) mass is 466 g/mol. The van der Waals surface area contributed by atoms with Gasteiger partial charge in [0.25, 0.3) is 5.69 Å². The summed E-state index contributed by atoms with van der Waals surface area (Å²) in [7, 11) is 1.55. The molecule has 0 unspecified atom stereocenters. The lowest BCUT2D eigenvalue weighted by Crippen LogP contribution is -2.23. The van der Waals surface area contributed by atoms with Gasteiger partial charge in [-0.05, 0) is 60.2 Å². The molecule has 0 amide bonds. The number of hydrogen-bond acceptors (Lipinski definition) is 7. The SMILES string of the molecule is COc1cc(C=NNC(=S)Nc2ccccc2)ccc1OCCOc1ccc([N+](=O)[O-])cc1. The number of para-hydroxylation sites is 1. The second kappa shape index (κ2) is 12.0. The van der Waals surface area contributed by atoms with Crippen molar-refractivity contribution < 1.29 is 19.1 Å². The van der Waals surface area contributed by atoms with Gasteiger partial charge in [-0.2, -0.15) is 5.10 Å². The predicted molar refractivity (Wildman–Crippen MR) is 130 cm³/mol. The van der Waals surface area contributed by atoms with E-state index in [0.29, 0.717) is 22.4 Å². The van der Waals surface area contributed by atoms with Crippen LogP contribution >= 0.6 is 12.2 Å². The van der Waals surface area contributed by atoms with Crippen molar-refractivity contribution in [1.29, 1.82) is 0 Å². The van der Waals surface area contributed by atoms with Crippen molar-refractivity contribution in [2.45, 2.75) is 0 Å². The average Bonchev–Trinajstić information content (AvgIpc) is 2.83. The maximum absolute atomic E-state index is 10.7. The first kappa shape index (κ1) is 23.5. The molecule has 170 valence electrons. The Balaban J connectivity index is 1.47. The summed E-state index contributed by atoms with van der Waals surface area (Å²) in [6.07, 6.45) is 1.61. The first-order valence-corrected chi connectivity index (χ1v) is 10.3. The number of thiocarbonyl (C=S) groups is 1. The minimum atomic E-state index is -0.459. The summed E-state index contributed by atoms with van der Waals surface area (Å²) >= 11 is 5.21. The van der Waals surface area contributed by atoms with E-state index in [1.165, 1.54) is 12.1 Å². The standard InChI is InChI=1S/C23H22N4O5S/c1-30-22-15-17(16-24-26-23(33)25-18-5-3-2-4-6-18)7-12-21(22)32-14-13-31-20-10-8-19(9-11-20)27(28)29/h2-12,15-16H,13-14H2,1H3,(H2,25,26,33). The zero-order chi connectivity index (χ0) is 23.5. The van der Waals surface area contributed by atoms with Crippen LogP contribution in [0, 0.1) is 10.1 Å². The Bertz CT molecular complexity index is 1110. The number of non-ortho nitro benzene ring substituents is 1. The van der Waals surface area contributed by atoms with Crippen molar-refractivity contribution >= 4 is 34.9 Å². The van der Waals surface area contributed by atoms with Crippen LogP contribution in [0.5, 0.6) is 17.2 Å². The van der Waals surface area contributed by atoms with E-state index in [-0.39, 0.29) is 18.9 Å². The normalized spacial score (nSPS) is 10.5. The number of nitrogens with one attached hydrogen (secondary N) is 2. The summed E-state index contributed by atoms with van der Waals surface area (Å²) in [5, 5.41) is 18.2. The van der Waals surface area contributed by atoms with E-state index < -0.39 is 4.92 Å². The van der Waals surface area contributed by atoms with Gasteiger partial charge in [0.05, 0.1) is 18.2 Å². The largest absolute Gasteiger partial charge is 0.493 e.